The van der Waals surface area contributed by atoms with Gasteiger partial charge in [0, 0.05) is 11.4 Å². The standard InChI is InChI=1S/C26H25IN4O7/c1-35-19-8-4-17(5-9-19)29-23(32)15-38-24-21(27)12-16(13-22(24)37-3)14-28-31-26(34)25(33)30-18-6-10-20(36-2)11-7-18/h4-14H,15H2,1-3H3,(H,29,32)(H,30,33)(H,31,34)/b28-14-. The highest BCUT2D eigenvalue weighted by molar-refractivity contribution is 14.1. The van der Waals surface area contributed by atoms with Crippen molar-refractivity contribution in [1.29, 1.82) is 0 Å². The summed E-state index contributed by atoms with van der Waals surface area (Å²) in [6, 6.07) is 16.8. The van der Waals surface area contributed by atoms with Gasteiger partial charge in [-0.1, -0.05) is 0 Å². The molecule has 0 aliphatic carbocycles. The van der Waals surface area contributed by atoms with E-state index >= 15 is 0 Å². The maximum atomic E-state index is 12.3. The van der Waals surface area contributed by atoms with Gasteiger partial charge in [-0.05, 0) is 88.8 Å². The fourth-order valence-corrected chi connectivity index (χ4v) is 3.82. The molecule has 0 saturated heterocycles. The van der Waals surface area contributed by atoms with Crippen molar-refractivity contribution in [1.82, 2.24) is 5.43 Å². The molecule has 3 rings (SSSR count). The van der Waals surface area contributed by atoms with Crippen LogP contribution >= 0.6 is 22.6 Å². The van der Waals surface area contributed by atoms with E-state index in [0.29, 0.717) is 43.5 Å². The van der Waals surface area contributed by atoms with Crippen LogP contribution in [0.5, 0.6) is 23.0 Å². The van der Waals surface area contributed by atoms with Crippen LogP contribution in [0.4, 0.5) is 11.4 Å². The lowest BCUT2D eigenvalue weighted by Gasteiger charge is -2.13. The second-order valence-corrected chi connectivity index (χ2v) is 8.64. The Morgan fingerprint density at radius 2 is 1.39 bits per heavy atom. The van der Waals surface area contributed by atoms with Crippen molar-refractivity contribution in [2.45, 2.75) is 0 Å². The highest BCUT2D eigenvalue weighted by atomic mass is 127. The molecular formula is C26H25IN4O7. The molecule has 0 aliphatic heterocycles. The normalized spacial score (nSPS) is 10.4. The van der Waals surface area contributed by atoms with E-state index in [-0.39, 0.29) is 12.5 Å². The lowest BCUT2D eigenvalue weighted by molar-refractivity contribution is -0.136. The molecule has 0 unspecified atom stereocenters. The summed E-state index contributed by atoms with van der Waals surface area (Å²) >= 11 is 2.03. The first-order chi connectivity index (χ1) is 18.3. The topological polar surface area (TPSA) is 137 Å². The zero-order valence-electron chi connectivity index (χ0n) is 20.7. The number of ether oxygens (including phenoxy) is 4. The second kappa shape index (κ2) is 13.8. The number of carbonyl (C=O) groups excluding carboxylic acids is 3. The molecule has 3 amide bonds. The number of benzene rings is 3. The summed E-state index contributed by atoms with van der Waals surface area (Å²) in [5.74, 6) is -0.141. The van der Waals surface area contributed by atoms with Crippen LogP contribution in [-0.4, -0.2) is 51.9 Å². The average Bonchev–Trinajstić information content (AvgIpc) is 2.92. The number of methoxy groups -OCH3 is 3. The van der Waals surface area contributed by atoms with Crippen molar-refractivity contribution < 1.29 is 33.3 Å². The third-order valence-corrected chi connectivity index (χ3v) is 5.71. The highest BCUT2D eigenvalue weighted by Crippen LogP contribution is 2.33. The number of carbonyl (C=O) groups is 3. The monoisotopic (exact) mass is 632 g/mol. The van der Waals surface area contributed by atoms with Crippen LogP contribution in [0.1, 0.15) is 5.56 Å². The molecule has 0 spiro atoms. The fourth-order valence-electron chi connectivity index (χ4n) is 3.04. The maximum absolute atomic E-state index is 12.3. The van der Waals surface area contributed by atoms with Crippen molar-refractivity contribution in [2.24, 2.45) is 5.10 Å². The first-order valence-electron chi connectivity index (χ1n) is 11.1. The van der Waals surface area contributed by atoms with Crippen molar-refractivity contribution in [3.8, 4) is 23.0 Å². The summed E-state index contributed by atoms with van der Waals surface area (Å²) in [6.07, 6.45) is 1.35. The van der Waals surface area contributed by atoms with Crippen LogP contribution < -0.4 is 35.0 Å². The Kier molecular flexibility index (Phi) is 10.3. The lowest BCUT2D eigenvalue weighted by Crippen LogP contribution is -2.32. The third-order valence-electron chi connectivity index (χ3n) is 4.91. The summed E-state index contributed by atoms with van der Waals surface area (Å²) in [4.78, 5) is 36.5. The molecule has 38 heavy (non-hydrogen) atoms. The molecule has 3 aromatic carbocycles. The Labute approximate surface area is 232 Å². The first kappa shape index (κ1) is 28.2. The number of amides is 3. The number of hydrogen-bond acceptors (Lipinski definition) is 8. The first-order valence-corrected chi connectivity index (χ1v) is 12.1. The number of nitrogens with one attached hydrogen (secondary N) is 3. The van der Waals surface area contributed by atoms with Gasteiger partial charge in [0.1, 0.15) is 11.5 Å². The van der Waals surface area contributed by atoms with Gasteiger partial charge in [-0.15, -0.1) is 0 Å². The molecule has 3 aromatic rings. The molecule has 0 radical (unpaired) electrons. The van der Waals surface area contributed by atoms with E-state index in [4.69, 9.17) is 18.9 Å². The van der Waals surface area contributed by atoms with E-state index < -0.39 is 11.8 Å². The quantitative estimate of drug-likeness (QED) is 0.135. The molecule has 0 fully saturated rings. The average molecular weight is 632 g/mol. The van der Waals surface area contributed by atoms with Gasteiger partial charge in [0.2, 0.25) is 0 Å². The Morgan fingerprint density at radius 3 is 1.95 bits per heavy atom. The SMILES string of the molecule is COc1ccc(NC(=O)COc2c(I)cc(/C=N\NC(=O)C(=O)Nc3ccc(OC)cc3)cc2OC)cc1. The minimum Gasteiger partial charge on any atom is -0.497 e. The van der Waals surface area contributed by atoms with Gasteiger partial charge in [-0.2, -0.15) is 5.10 Å². The van der Waals surface area contributed by atoms with Gasteiger partial charge in [0.25, 0.3) is 5.91 Å². The summed E-state index contributed by atoms with van der Waals surface area (Å²) in [7, 11) is 4.55. The molecule has 0 heterocycles. The Balaban J connectivity index is 1.55. The van der Waals surface area contributed by atoms with E-state index in [2.05, 4.69) is 21.2 Å². The number of halogens is 1. The Bertz CT molecular complexity index is 1310. The van der Waals surface area contributed by atoms with Gasteiger partial charge in [-0.3, -0.25) is 14.4 Å². The van der Waals surface area contributed by atoms with Crippen LogP contribution in [0.3, 0.4) is 0 Å². The van der Waals surface area contributed by atoms with E-state index in [0.717, 1.165) is 0 Å². The van der Waals surface area contributed by atoms with E-state index in [1.807, 2.05) is 22.6 Å². The minimum atomic E-state index is -0.943. The van der Waals surface area contributed by atoms with E-state index in [1.54, 1.807) is 67.8 Å². The second-order valence-electron chi connectivity index (χ2n) is 7.48. The largest absolute Gasteiger partial charge is 0.497 e. The van der Waals surface area contributed by atoms with Gasteiger partial charge < -0.3 is 29.6 Å². The van der Waals surface area contributed by atoms with Gasteiger partial charge in [-0.25, -0.2) is 5.43 Å². The number of anilines is 2. The molecule has 0 aliphatic rings. The van der Waals surface area contributed by atoms with Crippen molar-refractivity contribution >= 4 is 57.9 Å². The molecule has 11 nitrogen and oxygen atoms in total. The van der Waals surface area contributed by atoms with E-state index in [9.17, 15) is 14.4 Å². The molecule has 3 N–H and O–H groups in total. The van der Waals surface area contributed by atoms with E-state index in [1.165, 1.54) is 20.4 Å². The smallest absolute Gasteiger partial charge is 0.329 e. The predicted molar refractivity (Wildman–Crippen MR) is 150 cm³/mol. The molecule has 0 saturated carbocycles. The number of hydrazone groups is 1. The van der Waals surface area contributed by atoms with Crippen LogP contribution in [0.2, 0.25) is 0 Å². The van der Waals surface area contributed by atoms with Crippen molar-refractivity contribution in [2.75, 3.05) is 38.6 Å². The summed E-state index contributed by atoms with van der Waals surface area (Å²) in [6.45, 7) is -0.245. The Hall–Kier alpha value is -4.33. The molecular weight excluding hydrogens is 607 g/mol. The predicted octanol–water partition coefficient (Wildman–Crippen LogP) is 3.42. The van der Waals surface area contributed by atoms with Crippen molar-refractivity contribution in [3.05, 3.63) is 69.8 Å². The molecule has 12 heteroatoms. The molecule has 0 aromatic heterocycles. The molecule has 0 bridgehead atoms. The van der Waals surface area contributed by atoms with Crippen molar-refractivity contribution in [3.63, 3.8) is 0 Å². The highest BCUT2D eigenvalue weighted by Gasteiger charge is 2.15. The zero-order valence-corrected chi connectivity index (χ0v) is 22.9. The van der Waals surface area contributed by atoms with Crippen LogP contribution in [0.25, 0.3) is 0 Å². The summed E-state index contributed by atoms with van der Waals surface area (Å²) < 4.78 is 21.9. The number of nitrogens with zero attached hydrogens (tertiary/aromatic N) is 1. The van der Waals surface area contributed by atoms with Crippen LogP contribution in [-0.2, 0) is 14.4 Å². The van der Waals surface area contributed by atoms with Gasteiger partial charge in [0.15, 0.2) is 18.1 Å². The minimum absolute atomic E-state index is 0.245. The molecule has 0 atom stereocenters. The van der Waals surface area contributed by atoms with Gasteiger partial charge in [0.05, 0.1) is 31.1 Å². The van der Waals surface area contributed by atoms with Crippen LogP contribution in [0, 0.1) is 3.57 Å². The number of hydrogen-bond donors (Lipinski definition) is 3. The third kappa shape index (κ3) is 8.09. The fraction of sp³-hybridized carbons (Fsp3) is 0.154. The van der Waals surface area contributed by atoms with Gasteiger partial charge >= 0.3 is 11.8 Å². The number of rotatable bonds is 10. The summed E-state index contributed by atoms with van der Waals surface area (Å²) in [5, 5.41) is 9.03. The summed E-state index contributed by atoms with van der Waals surface area (Å²) in [5.41, 5.74) is 3.78. The zero-order chi connectivity index (χ0) is 27.5. The Morgan fingerprint density at radius 1 is 0.816 bits per heavy atom. The lowest BCUT2D eigenvalue weighted by atomic mass is 10.2. The maximum Gasteiger partial charge on any atom is 0.329 e. The van der Waals surface area contributed by atoms with Crippen LogP contribution in [0.15, 0.2) is 65.8 Å². The molecule has 198 valence electrons.